The van der Waals surface area contributed by atoms with Crippen LogP contribution in [0.4, 0.5) is 10.5 Å². The van der Waals surface area contributed by atoms with Crippen molar-refractivity contribution in [3.63, 3.8) is 0 Å². The van der Waals surface area contributed by atoms with Crippen LogP contribution in [0.5, 0.6) is 0 Å². The van der Waals surface area contributed by atoms with Gasteiger partial charge in [0.2, 0.25) is 0 Å². The zero-order valence-electron chi connectivity index (χ0n) is 17.9. The predicted octanol–water partition coefficient (Wildman–Crippen LogP) is 5.88. The summed E-state index contributed by atoms with van der Waals surface area (Å²) in [6.45, 7) is 6.11. The summed E-state index contributed by atoms with van der Waals surface area (Å²) < 4.78 is 5.28. The quantitative estimate of drug-likeness (QED) is 0.560. The van der Waals surface area contributed by atoms with E-state index in [1.54, 1.807) is 35.6 Å². The lowest BCUT2D eigenvalue weighted by Gasteiger charge is -2.36. The SMILES string of the molecule is CC(C)(C)OC(=O)Nc1ccc(C(=O)N2CCc3sccc3C2c2ccccc2)cc1. The van der Waals surface area contributed by atoms with Crippen LogP contribution in [-0.4, -0.2) is 29.0 Å². The first kappa shape index (κ1) is 21.1. The molecule has 2 aromatic carbocycles. The first-order valence-corrected chi connectivity index (χ1v) is 11.2. The van der Waals surface area contributed by atoms with E-state index in [1.807, 2.05) is 43.9 Å². The largest absolute Gasteiger partial charge is 0.444 e. The number of carbonyl (C=O) groups is 2. The van der Waals surface area contributed by atoms with Crippen LogP contribution in [0.25, 0.3) is 0 Å². The maximum absolute atomic E-state index is 13.5. The maximum Gasteiger partial charge on any atom is 0.412 e. The van der Waals surface area contributed by atoms with E-state index in [9.17, 15) is 9.59 Å². The van der Waals surface area contributed by atoms with Gasteiger partial charge in [0.25, 0.3) is 5.91 Å². The molecule has 5 nitrogen and oxygen atoms in total. The topological polar surface area (TPSA) is 58.6 Å². The summed E-state index contributed by atoms with van der Waals surface area (Å²) in [5.74, 6) is -0.0190. The first-order chi connectivity index (χ1) is 14.8. The number of nitrogens with one attached hydrogen (secondary N) is 1. The fourth-order valence-electron chi connectivity index (χ4n) is 3.81. The molecule has 0 saturated heterocycles. The van der Waals surface area contributed by atoms with Gasteiger partial charge in [0.1, 0.15) is 5.60 Å². The molecule has 160 valence electrons. The molecule has 6 heteroatoms. The van der Waals surface area contributed by atoms with E-state index in [0.717, 1.165) is 12.0 Å². The minimum Gasteiger partial charge on any atom is -0.444 e. The van der Waals surface area contributed by atoms with Gasteiger partial charge in [-0.05, 0) is 74.0 Å². The predicted molar refractivity (Wildman–Crippen MR) is 124 cm³/mol. The number of fused-ring (bicyclic) bond motifs is 1. The van der Waals surface area contributed by atoms with Gasteiger partial charge in [-0.15, -0.1) is 11.3 Å². The van der Waals surface area contributed by atoms with Gasteiger partial charge in [-0.2, -0.15) is 0 Å². The van der Waals surface area contributed by atoms with E-state index in [-0.39, 0.29) is 11.9 Å². The van der Waals surface area contributed by atoms with Crippen molar-refractivity contribution in [2.24, 2.45) is 0 Å². The normalized spacial score (nSPS) is 15.8. The Kier molecular flexibility index (Phi) is 5.83. The lowest BCUT2D eigenvalue weighted by molar-refractivity contribution is 0.0635. The van der Waals surface area contributed by atoms with E-state index in [2.05, 4.69) is 28.9 Å². The van der Waals surface area contributed by atoms with E-state index in [1.165, 1.54) is 10.4 Å². The fraction of sp³-hybridized carbons (Fsp3) is 0.280. The molecule has 0 spiro atoms. The van der Waals surface area contributed by atoms with Crippen LogP contribution < -0.4 is 5.32 Å². The molecule has 1 aliphatic rings. The Morgan fingerprint density at radius 3 is 2.42 bits per heavy atom. The van der Waals surface area contributed by atoms with E-state index < -0.39 is 11.7 Å². The highest BCUT2D eigenvalue weighted by Gasteiger charge is 2.33. The molecule has 0 fully saturated rings. The summed E-state index contributed by atoms with van der Waals surface area (Å²) in [6.07, 6.45) is 0.345. The van der Waals surface area contributed by atoms with Gasteiger partial charge in [0.15, 0.2) is 0 Å². The highest BCUT2D eigenvalue weighted by molar-refractivity contribution is 7.10. The van der Waals surface area contributed by atoms with Crippen molar-refractivity contribution in [1.82, 2.24) is 4.90 Å². The average molecular weight is 435 g/mol. The molecule has 0 bridgehead atoms. The number of hydrogen-bond acceptors (Lipinski definition) is 4. The van der Waals surface area contributed by atoms with Gasteiger partial charge in [-0.25, -0.2) is 4.79 Å². The molecule has 0 saturated carbocycles. The Bertz CT molecular complexity index is 1070. The van der Waals surface area contributed by atoms with Crippen molar-refractivity contribution in [2.45, 2.75) is 38.8 Å². The smallest absolute Gasteiger partial charge is 0.412 e. The lowest BCUT2D eigenvalue weighted by Crippen LogP contribution is -2.40. The van der Waals surface area contributed by atoms with Gasteiger partial charge in [0.05, 0.1) is 6.04 Å². The van der Waals surface area contributed by atoms with Gasteiger partial charge < -0.3 is 9.64 Å². The van der Waals surface area contributed by atoms with Crippen LogP contribution in [-0.2, 0) is 11.2 Å². The summed E-state index contributed by atoms with van der Waals surface area (Å²) >= 11 is 1.75. The Balaban J connectivity index is 1.55. The molecule has 1 unspecified atom stereocenters. The lowest BCUT2D eigenvalue weighted by atomic mass is 9.92. The minimum absolute atomic E-state index is 0.0190. The molecule has 2 amide bonds. The van der Waals surface area contributed by atoms with Gasteiger partial charge in [-0.1, -0.05) is 30.3 Å². The number of hydrogen-bond donors (Lipinski definition) is 1. The van der Waals surface area contributed by atoms with Crippen molar-refractivity contribution in [2.75, 3.05) is 11.9 Å². The minimum atomic E-state index is -0.568. The molecule has 1 atom stereocenters. The highest BCUT2D eigenvalue weighted by Crippen LogP contribution is 2.38. The van der Waals surface area contributed by atoms with Crippen LogP contribution in [0.3, 0.4) is 0 Å². The number of carbonyl (C=O) groups excluding carboxylic acids is 2. The van der Waals surface area contributed by atoms with E-state index >= 15 is 0 Å². The number of rotatable bonds is 3. The number of thiophene rings is 1. The van der Waals surface area contributed by atoms with Crippen molar-refractivity contribution < 1.29 is 14.3 Å². The van der Waals surface area contributed by atoms with Crippen LogP contribution in [0.15, 0.2) is 66.0 Å². The molecule has 0 radical (unpaired) electrons. The second-order valence-electron chi connectivity index (χ2n) is 8.57. The summed E-state index contributed by atoms with van der Waals surface area (Å²) in [5, 5.41) is 4.81. The number of nitrogens with zero attached hydrogens (tertiary/aromatic N) is 1. The maximum atomic E-state index is 13.5. The van der Waals surface area contributed by atoms with Crippen LogP contribution in [0, 0.1) is 0 Å². The number of amides is 2. The molecule has 0 aliphatic carbocycles. The zero-order chi connectivity index (χ0) is 22.0. The molecule has 31 heavy (non-hydrogen) atoms. The Labute approximate surface area is 186 Å². The third-order valence-corrected chi connectivity index (χ3v) is 6.12. The molecule has 1 aromatic heterocycles. The van der Waals surface area contributed by atoms with Gasteiger partial charge in [-0.3, -0.25) is 10.1 Å². The summed E-state index contributed by atoms with van der Waals surface area (Å²) in [5.41, 5.74) is 2.93. The third kappa shape index (κ3) is 4.80. The average Bonchev–Trinajstić information content (AvgIpc) is 3.21. The molecule has 1 N–H and O–H groups in total. The van der Waals surface area contributed by atoms with Crippen LogP contribution >= 0.6 is 11.3 Å². The highest BCUT2D eigenvalue weighted by atomic mass is 32.1. The van der Waals surface area contributed by atoms with Crippen LogP contribution in [0.2, 0.25) is 0 Å². The van der Waals surface area contributed by atoms with Crippen molar-refractivity contribution in [3.8, 4) is 0 Å². The first-order valence-electron chi connectivity index (χ1n) is 10.3. The Hall–Kier alpha value is -3.12. The zero-order valence-corrected chi connectivity index (χ0v) is 18.7. The summed E-state index contributed by atoms with van der Waals surface area (Å²) in [4.78, 5) is 28.7. The second-order valence-corrected chi connectivity index (χ2v) is 9.57. The second kappa shape index (κ2) is 8.55. The van der Waals surface area contributed by atoms with E-state index in [0.29, 0.717) is 17.8 Å². The molecule has 1 aliphatic heterocycles. The molecular formula is C25H26N2O3S. The molecular weight excluding hydrogens is 408 g/mol. The third-order valence-electron chi connectivity index (χ3n) is 5.12. The van der Waals surface area contributed by atoms with Crippen LogP contribution in [0.1, 0.15) is 53.2 Å². The fourth-order valence-corrected chi connectivity index (χ4v) is 4.72. The van der Waals surface area contributed by atoms with Crippen molar-refractivity contribution in [1.29, 1.82) is 0 Å². The molecule has 4 rings (SSSR count). The number of anilines is 1. The monoisotopic (exact) mass is 434 g/mol. The van der Waals surface area contributed by atoms with Crippen molar-refractivity contribution in [3.05, 3.63) is 87.6 Å². The molecule has 3 aromatic rings. The standard InChI is InChI=1S/C25H26N2O3S/c1-25(2,3)30-24(29)26-19-11-9-18(10-12-19)23(28)27-15-13-21-20(14-16-31-21)22(27)17-7-5-4-6-8-17/h4-12,14,16,22H,13,15H2,1-3H3,(H,26,29). The Morgan fingerprint density at radius 1 is 1.03 bits per heavy atom. The van der Waals surface area contributed by atoms with E-state index in [4.69, 9.17) is 4.74 Å². The number of benzene rings is 2. The number of ether oxygens (including phenoxy) is 1. The summed E-state index contributed by atoms with van der Waals surface area (Å²) in [6, 6.07) is 19.2. The summed E-state index contributed by atoms with van der Waals surface area (Å²) in [7, 11) is 0. The van der Waals surface area contributed by atoms with Gasteiger partial charge in [0, 0.05) is 22.7 Å². The Morgan fingerprint density at radius 2 is 1.74 bits per heavy atom. The van der Waals surface area contributed by atoms with Crippen molar-refractivity contribution >= 4 is 29.0 Å². The van der Waals surface area contributed by atoms with Gasteiger partial charge >= 0.3 is 6.09 Å². The molecule has 2 heterocycles.